The van der Waals surface area contributed by atoms with Crippen LogP contribution in [0.25, 0.3) is 0 Å². The van der Waals surface area contributed by atoms with Crippen LogP contribution in [-0.2, 0) is 13.0 Å². The van der Waals surface area contributed by atoms with E-state index in [4.69, 9.17) is 0 Å². The van der Waals surface area contributed by atoms with Gasteiger partial charge in [0.1, 0.15) is 5.82 Å². The van der Waals surface area contributed by atoms with Crippen LogP contribution in [0.1, 0.15) is 34.4 Å². The van der Waals surface area contributed by atoms with Gasteiger partial charge in [-0.25, -0.2) is 9.37 Å². The molecule has 128 valence electrons. The minimum Gasteiger partial charge on any atom is -0.337 e. The highest BCUT2D eigenvalue weighted by Crippen LogP contribution is 2.15. The number of amides is 1. The lowest BCUT2D eigenvalue weighted by Crippen LogP contribution is -2.35. The third kappa shape index (κ3) is 4.19. The topological polar surface area (TPSA) is 36.4 Å². The molecule has 1 fully saturated rings. The molecule has 1 aliphatic rings. The molecule has 0 radical (unpaired) electrons. The van der Waals surface area contributed by atoms with Crippen LogP contribution in [-0.4, -0.2) is 46.9 Å². The minimum atomic E-state index is -0.316. The van der Waals surface area contributed by atoms with Crippen LogP contribution in [0.5, 0.6) is 0 Å². The van der Waals surface area contributed by atoms with E-state index in [1.165, 1.54) is 17.1 Å². The summed E-state index contributed by atoms with van der Waals surface area (Å²) in [6.45, 7) is 6.20. The molecule has 2 aromatic rings. The van der Waals surface area contributed by atoms with Crippen molar-refractivity contribution in [2.75, 3.05) is 26.2 Å². The van der Waals surface area contributed by atoms with E-state index in [1.807, 2.05) is 4.90 Å². The van der Waals surface area contributed by atoms with Gasteiger partial charge in [0.15, 0.2) is 0 Å². The zero-order valence-electron chi connectivity index (χ0n) is 13.9. The fraction of sp³-hybridized carbons (Fsp3) is 0.444. The summed E-state index contributed by atoms with van der Waals surface area (Å²) in [5.74, 6) is -0.331. The average molecular weight is 347 g/mol. The maximum absolute atomic E-state index is 13.0. The normalized spacial score (nSPS) is 16.2. The van der Waals surface area contributed by atoms with Crippen molar-refractivity contribution in [3.05, 3.63) is 51.7 Å². The van der Waals surface area contributed by atoms with Crippen molar-refractivity contribution >= 4 is 17.2 Å². The number of carbonyl (C=O) groups excluding carboxylic acids is 1. The number of hydrogen-bond donors (Lipinski definition) is 0. The first kappa shape index (κ1) is 17.0. The summed E-state index contributed by atoms with van der Waals surface area (Å²) in [5.41, 5.74) is 1.67. The Morgan fingerprint density at radius 3 is 2.71 bits per heavy atom. The fourth-order valence-electron chi connectivity index (χ4n) is 2.92. The van der Waals surface area contributed by atoms with E-state index in [-0.39, 0.29) is 11.7 Å². The molecule has 0 N–H and O–H groups in total. The summed E-state index contributed by atoms with van der Waals surface area (Å²) in [4.78, 5) is 21.4. The van der Waals surface area contributed by atoms with Crippen molar-refractivity contribution in [2.45, 2.75) is 26.3 Å². The van der Waals surface area contributed by atoms with Crippen LogP contribution in [0, 0.1) is 5.82 Å². The highest BCUT2D eigenvalue weighted by atomic mass is 32.1. The lowest BCUT2D eigenvalue weighted by molar-refractivity contribution is 0.0761. The van der Waals surface area contributed by atoms with Gasteiger partial charge in [-0.05, 0) is 37.1 Å². The molecular weight excluding hydrogens is 325 g/mol. The van der Waals surface area contributed by atoms with Gasteiger partial charge in [0.2, 0.25) is 0 Å². The van der Waals surface area contributed by atoms with Crippen LogP contribution >= 0.6 is 11.3 Å². The Hall–Kier alpha value is -1.79. The standard InChI is InChI=1S/C18H22FN3OS/c1-2-17-20-16(13-24-17)12-21-8-3-9-22(11-10-21)18(23)14-4-6-15(19)7-5-14/h4-7,13H,2-3,8-12H2,1H3. The molecule has 0 unspecified atom stereocenters. The molecule has 0 saturated carbocycles. The zero-order chi connectivity index (χ0) is 16.9. The first-order chi connectivity index (χ1) is 11.7. The molecule has 0 bridgehead atoms. The monoisotopic (exact) mass is 347 g/mol. The number of hydrogen-bond acceptors (Lipinski definition) is 4. The number of halogens is 1. The van der Waals surface area contributed by atoms with Crippen molar-refractivity contribution in [1.82, 2.24) is 14.8 Å². The van der Waals surface area contributed by atoms with E-state index in [1.54, 1.807) is 23.5 Å². The molecule has 0 atom stereocenters. The molecule has 0 aliphatic carbocycles. The molecule has 6 heteroatoms. The quantitative estimate of drug-likeness (QED) is 0.852. The molecule has 1 amide bonds. The predicted octanol–water partition coefficient (Wildman–Crippen LogP) is 3.19. The molecule has 4 nitrogen and oxygen atoms in total. The highest BCUT2D eigenvalue weighted by Gasteiger charge is 2.20. The Bertz CT molecular complexity index is 686. The van der Waals surface area contributed by atoms with Crippen LogP contribution in [0.4, 0.5) is 4.39 Å². The molecule has 0 spiro atoms. The highest BCUT2D eigenvalue weighted by molar-refractivity contribution is 7.09. The fourth-order valence-corrected chi connectivity index (χ4v) is 3.66. The Balaban J connectivity index is 1.58. The summed E-state index contributed by atoms with van der Waals surface area (Å²) >= 11 is 1.71. The first-order valence-corrected chi connectivity index (χ1v) is 9.24. The minimum absolute atomic E-state index is 0.0150. The van der Waals surface area contributed by atoms with E-state index in [0.717, 1.165) is 44.7 Å². The summed E-state index contributed by atoms with van der Waals surface area (Å²) in [6, 6.07) is 5.79. The van der Waals surface area contributed by atoms with E-state index in [0.29, 0.717) is 12.1 Å². The van der Waals surface area contributed by atoms with Gasteiger partial charge in [-0.2, -0.15) is 0 Å². The maximum atomic E-state index is 13.0. The van der Waals surface area contributed by atoms with Gasteiger partial charge in [0.05, 0.1) is 10.7 Å². The zero-order valence-corrected chi connectivity index (χ0v) is 14.7. The molecule has 1 aromatic carbocycles. The van der Waals surface area contributed by atoms with E-state index < -0.39 is 0 Å². The van der Waals surface area contributed by atoms with E-state index >= 15 is 0 Å². The molecule has 2 heterocycles. The van der Waals surface area contributed by atoms with Crippen LogP contribution in [0.2, 0.25) is 0 Å². The Kier molecular flexibility index (Phi) is 5.58. The van der Waals surface area contributed by atoms with Crippen LogP contribution in [0.3, 0.4) is 0 Å². The van der Waals surface area contributed by atoms with Crippen LogP contribution < -0.4 is 0 Å². The van der Waals surface area contributed by atoms with Gasteiger partial charge >= 0.3 is 0 Å². The van der Waals surface area contributed by atoms with Crippen LogP contribution in [0.15, 0.2) is 29.6 Å². The number of aromatic nitrogens is 1. The van der Waals surface area contributed by atoms with Crippen molar-refractivity contribution in [3.63, 3.8) is 0 Å². The Morgan fingerprint density at radius 2 is 2.00 bits per heavy atom. The number of rotatable bonds is 4. The lowest BCUT2D eigenvalue weighted by Gasteiger charge is -2.21. The van der Waals surface area contributed by atoms with E-state index in [2.05, 4.69) is 22.2 Å². The smallest absolute Gasteiger partial charge is 0.253 e. The van der Waals surface area contributed by atoms with Crippen molar-refractivity contribution in [2.24, 2.45) is 0 Å². The largest absolute Gasteiger partial charge is 0.337 e. The van der Waals surface area contributed by atoms with Gasteiger partial charge in [0.25, 0.3) is 5.91 Å². The number of aryl methyl sites for hydroxylation is 1. The van der Waals surface area contributed by atoms with E-state index in [9.17, 15) is 9.18 Å². The lowest BCUT2D eigenvalue weighted by atomic mass is 10.2. The Morgan fingerprint density at radius 1 is 1.21 bits per heavy atom. The molecule has 24 heavy (non-hydrogen) atoms. The second kappa shape index (κ2) is 7.85. The number of benzene rings is 1. The number of carbonyl (C=O) groups is 1. The van der Waals surface area contributed by atoms with Crippen molar-refractivity contribution in [1.29, 1.82) is 0 Å². The van der Waals surface area contributed by atoms with Gasteiger partial charge in [-0.15, -0.1) is 11.3 Å². The summed E-state index contributed by atoms with van der Waals surface area (Å²) in [7, 11) is 0. The van der Waals surface area contributed by atoms with Gasteiger partial charge in [-0.1, -0.05) is 6.92 Å². The van der Waals surface area contributed by atoms with Gasteiger partial charge in [0, 0.05) is 43.7 Å². The first-order valence-electron chi connectivity index (χ1n) is 8.36. The summed E-state index contributed by atoms with van der Waals surface area (Å²) < 4.78 is 13.0. The van der Waals surface area contributed by atoms with Crippen molar-refractivity contribution < 1.29 is 9.18 Å². The predicted molar refractivity (Wildman–Crippen MR) is 93.7 cm³/mol. The Labute approximate surface area is 145 Å². The average Bonchev–Trinajstić information content (AvgIpc) is 2.92. The molecule has 1 aromatic heterocycles. The summed E-state index contributed by atoms with van der Waals surface area (Å²) in [5, 5.41) is 3.30. The second-order valence-corrected chi connectivity index (χ2v) is 6.96. The van der Waals surface area contributed by atoms with Crippen molar-refractivity contribution in [3.8, 4) is 0 Å². The third-order valence-electron chi connectivity index (χ3n) is 4.25. The molecule has 3 rings (SSSR count). The summed E-state index contributed by atoms with van der Waals surface area (Å²) in [6.07, 6.45) is 1.92. The number of thiazole rings is 1. The van der Waals surface area contributed by atoms with Gasteiger partial charge < -0.3 is 4.90 Å². The number of nitrogens with zero attached hydrogens (tertiary/aromatic N) is 3. The second-order valence-electron chi connectivity index (χ2n) is 6.01. The molecule has 1 saturated heterocycles. The maximum Gasteiger partial charge on any atom is 0.253 e. The third-order valence-corrected chi connectivity index (χ3v) is 5.30. The molecular formula is C18H22FN3OS. The van der Waals surface area contributed by atoms with Gasteiger partial charge in [-0.3, -0.25) is 9.69 Å². The SMILES string of the molecule is CCc1nc(CN2CCCN(C(=O)c3ccc(F)cc3)CC2)cs1. The molecule has 1 aliphatic heterocycles.